The molecule has 0 saturated heterocycles. The van der Waals surface area contributed by atoms with E-state index in [9.17, 15) is 0 Å². The molecule has 0 radical (unpaired) electrons. The van der Waals surface area contributed by atoms with Gasteiger partial charge in [0.15, 0.2) is 0 Å². The molecule has 1 heterocycles. The van der Waals surface area contributed by atoms with E-state index in [2.05, 4.69) is 15.5 Å². The number of rotatable bonds is 4. The zero-order valence-electron chi connectivity index (χ0n) is 7.64. The van der Waals surface area contributed by atoms with E-state index in [1.54, 1.807) is 12.1 Å². The molecular formula is C9H12N2O3. The molecule has 5 nitrogen and oxygen atoms in total. The maximum absolute atomic E-state index is 8.11. The highest BCUT2D eigenvalue weighted by Gasteiger charge is 2.19. The summed E-state index contributed by atoms with van der Waals surface area (Å²) in [4.78, 5) is 7.79. The molecule has 1 aliphatic carbocycles. The largest absolute Gasteiger partial charge is 0.474 e. The second-order valence-electron chi connectivity index (χ2n) is 3.25. The monoisotopic (exact) mass is 196 g/mol. The van der Waals surface area contributed by atoms with E-state index in [4.69, 9.17) is 9.99 Å². The van der Waals surface area contributed by atoms with Crippen LogP contribution in [0.4, 0.5) is 5.69 Å². The van der Waals surface area contributed by atoms with Gasteiger partial charge >= 0.3 is 0 Å². The smallest absolute Gasteiger partial charge is 0.213 e. The van der Waals surface area contributed by atoms with Gasteiger partial charge in [-0.15, -0.1) is 4.99 Å². The highest BCUT2D eigenvalue weighted by Crippen LogP contribution is 2.24. The number of hydrogen-bond acceptors (Lipinski definition) is 5. The molecule has 5 heteroatoms. The van der Waals surface area contributed by atoms with Crippen LogP contribution in [0.5, 0.6) is 5.88 Å². The van der Waals surface area contributed by atoms with E-state index in [1.807, 2.05) is 0 Å². The molecule has 1 fully saturated rings. The lowest BCUT2D eigenvalue weighted by atomic mass is 9.96. The molecule has 0 aromatic carbocycles. The summed E-state index contributed by atoms with van der Waals surface area (Å²) in [5, 5.41) is 8.11. The fourth-order valence-corrected chi connectivity index (χ4v) is 1.22. The summed E-state index contributed by atoms with van der Waals surface area (Å²) in [6, 6.07) is 3.46. The van der Waals surface area contributed by atoms with E-state index in [-0.39, 0.29) is 0 Å². The Morgan fingerprint density at radius 2 is 2.29 bits per heavy atom. The van der Waals surface area contributed by atoms with Crippen molar-refractivity contribution >= 4 is 5.69 Å². The predicted molar refractivity (Wildman–Crippen MR) is 49.8 cm³/mol. The Morgan fingerprint density at radius 1 is 1.43 bits per heavy atom. The first-order chi connectivity index (χ1) is 6.88. The van der Waals surface area contributed by atoms with Crippen LogP contribution in [0.25, 0.3) is 0 Å². The van der Waals surface area contributed by atoms with Crippen LogP contribution in [-0.4, -0.2) is 16.3 Å². The molecule has 1 aromatic heterocycles. The Morgan fingerprint density at radius 3 is 2.79 bits per heavy atom. The molecule has 1 saturated carbocycles. The van der Waals surface area contributed by atoms with Gasteiger partial charge in [-0.1, -0.05) is 0 Å². The average molecular weight is 196 g/mol. The van der Waals surface area contributed by atoms with Gasteiger partial charge in [-0.3, -0.25) is 0 Å². The minimum absolute atomic E-state index is 0.329. The summed E-state index contributed by atoms with van der Waals surface area (Å²) < 4.78 is 5.54. The van der Waals surface area contributed by atoms with Crippen LogP contribution < -0.4 is 10.2 Å². The van der Waals surface area contributed by atoms with Crippen LogP contribution in [0.1, 0.15) is 19.3 Å². The minimum atomic E-state index is 0.329. The fourth-order valence-electron chi connectivity index (χ4n) is 1.22. The molecule has 0 amide bonds. The number of pyridine rings is 1. The zero-order chi connectivity index (χ0) is 9.80. The molecule has 2 rings (SSSR count). The third-order valence-corrected chi connectivity index (χ3v) is 2.24. The van der Waals surface area contributed by atoms with Crippen molar-refractivity contribution in [2.45, 2.75) is 25.4 Å². The number of nitrogens with zero attached hydrogens (tertiary/aromatic N) is 1. The lowest BCUT2D eigenvalue weighted by Gasteiger charge is -2.25. The molecule has 2 N–H and O–H groups in total. The summed E-state index contributed by atoms with van der Waals surface area (Å²) in [5.74, 6) is 0.609. The van der Waals surface area contributed by atoms with Gasteiger partial charge in [-0.25, -0.2) is 15.7 Å². The first kappa shape index (κ1) is 9.23. The zero-order valence-corrected chi connectivity index (χ0v) is 7.64. The van der Waals surface area contributed by atoms with Crippen LogP contribution in [0, 0.1) is 0 Å². The van der Waals surface area contributed by atoms with Crippen molar-refractivity contribution in [3.63, 3.8) is 0 Å². The molecule has 0 spiro atoms. The van der Waals surface area contributed by atoms with E-state index < -0.39 is 0 Å². The van der Waals surface area contributed by atoms with Gasteiger partial charge in [0.05, 0.1) is 11.9 Å². The molecule has 0 atom stereocenters. The van der Waals surface area contributed by atoms with Gasteiger partial charge in [0.25, 0.3) is 0 Å². The predicted octanol–water partition coefficient (Wildman–Crippen LogP) is 1.83. The summed E-state index contributed by atoms with van der Waals surface area (Å²) >= 11 is 0. The number of hydrogen-bond donors (Lipinski definition) is 2. The van der Waals surface area contributed by atoms with Crippen LogP contribution in [0.2, 0.25) is 0 Å². The normalized spacial score (nSPS) is 16.1. The van der Waals surface area contributed by atoms with Gasteiger partial charge < -0.3 is 4.74 Å². The third kappa shape index (κ3) is 2.12. The molecule has 1 aliphatic rings. The highest BCUT2D eigenvalue weighted by molar-refractivity contribution is 5.39. The average Bonchev–Trinajstić information content (AvgIpc) is 2.14. The Kier molecular flexibility index (Phi) is 2.81. The van der Waals surface area contributed by atoms with Gasteiger partial charge in [0, 0.05) is 6.07 Å². The van der Waals surface area contributed by atoms with Crippen molar-refractivity contribution in [3.05, 3.63) is 18.3 Å². The van der Waals surface area contributed by atoms with Crippen molar-refractivity contribution in [1.82, 2.24) is 4.98 Å². The van der Waals surface area contributed by atoms with Crippen LogP contribution in [0.15, 0.2) is 18.3 Å². The van der Waals surface area contributed by atoms with Crippen molar-refractivity contribution in [1.29, 1.82) is 0 Å². The quantitative estimate of drug-likeness (QED) is 0.568. The minimum Gasteiger partial charge on any atom is -0.474 e. The second-order valence-corrected chi connectivity index (χ2v) is 3.25. The number of aromatic nitrogens is 1. The van der Waals surface area contributed by atoms with Crippen LogP contribution in [-0.2, 0) is 4.99 Å². The van der Waals surface area contributed by atoms with Crippen molar-refractivity contribution in [2.75, 3.05) is 5.48 Å². The maximum Gasteiger partial charge on any atom is 0.213 e. The molecule has 0 aliphatic heterocycles. The lowest BCUT2D eigenvalue weighted by Crippen LogP contribution is -2.24. The number of nitrogens with one attached hydrogen (secondary N) is 1. The second kappa shape index (κ2) is 4.26. The SMILES string of the molecule is OONc1ccc(OC2CCC2)nc1. The first-order valence-corrected chi connectivity index (χ1v) is 4.57. The lowest BCUT2D eigenvalue weighted by molar-refractivity contribution is -0.215. The third-order valence-electron chi connectivity index (χ3n) is 2.24. The summed E-state index contributed by atoms with van der Waals surface area (Å²) in [7, 11) is 0. The number of ether oxygens (including phenoxy) is 1. The van der Waals surface area contributed by atoms with E-state index in [0.29, 0.717) is 17.7 Å². The van der Waals surface area contributed by atoms with E-state index in [1.165, 1.54) is 12.6 Å². The Balaban J connectivity index is 1.91. The van der Waals surface area contributed by atoms with Gasteiger partial charge in [0.1, 0.15) is 6.10 Å². The van der Waals surface area contributed by atoms with Crippen LogP contribution in [0.3, 0.4) is 0 Å². The summed E-state index contributed by atoms with van der Waals surface area (Å²) in [5.41, 5.74) is 2.83. The topological polar surface area (TPSA) is 63.6 Å². The highest BCUT2D eigenvalue weighted by atomic mass is 17.2. The Hall–Kier alpha value is -1.33. The van der Waals surface area contributed by atoms with Crippen molar-refractivity contribution in [2.24, 2.45) is 0 Å². The fraction of sp³-hybridized carbons (Fsp3) is 0.444. The Bertz CT molecular complexity index is 285. The van der Waals surface area contributed by atoms with Gasteiger partial charge in [-0.05, 0) is 25.3 Å². The van der Waals surface area contributed by atoms with E-state index >= 15 is 0 Å². The van der Waals surface area contributed by atoms with Gasteiger partial charge in [0.2, 0.25) is 5.88 Å². The summed E-state index contributed by atoms with van der Waals surface area (Å²) in [6.07, 6.45) is 5.32. The molecular weight excluding hydrogens is 184 g/mol. The van der Waals surface area contributed by atoms with E-state index in [0.717, 1.165) is 12.8 Å². The molecule has 14 heavy (non-hydrogen) atoms. The molecule has 76 valence electrons. The van der Waals surface area contributed by atoms with Crippen molar-refractivity contribution in [3.8, 4) is 5.88 Å². The number of anilines is 1. The Labute approximate surface area is 81.6 Å². The van der Waals surface area contributed by atoms with Crippen LogP contribution >= 0.6 is 0 Å². The van der Waals surface area contributed by atoms with Gasteiger partial charge in [-0.2, -0.15) is 0 Å². The molecule has 1 aromatic rings. The molecule has 0 bridgehead atoms. The van der Waals surface area contributed by atoms with Crippen molar-refractivity contribution < 1.29 is 15.0 Å². The maximum atomic E-state index is 8.11. The standard InChI is InChI=1S/C9H12N2O3/c12-14-11-7-4-5-9(10-6-7)13-8-2-1-3-8/h4-6,8,11-12H,1-3H2. The molecule has 0 unspecified atom stereocenters. The first-order valence-electron chi connectivity index (χ1n) is 4.57. The summed E-state index contributed by atoms with van der Waals surface area (Å²) in [6.45, 7) is 0.